The van der Waals surface area contributed by atoms with Gasteiger partial charge >= 0.3 is 0 Å². The molecule has 0 amide bonds. The number of fused-ring (bicyclic) bond motifs is 9. The number of hydrogen-bond acceptors (Lipinski definition) is 3. The number of nitrogens with zero attached hydrogens (tertiary/aromatic N) is 1. The van der Waals surface area contributed by atoms with Gasteiger partial charge in [0, 0.05) is 47.0 Å². The zero-order chi connectivity index (χ0) is 30.9. The van der Waals surface area contributed by atoms with Gasteiger partial charge in [0.2, 0.25) is 0 Å². The van der Waals surface area contributed by atoms with Crippen molar-refractivity contribution < 1.29 is 0 Å². The molecule has 0 radical (unpaired) electrons. The first-order valence-electron chi connectivity index (χ1n) is 15.9. The van der Waals surface area contributed by atoms with Gasteiger partial charge in [-0.05, 0) is 75.1 Å². The summed E-state index contributed by atoms with van der Waals surface area (Å²) in [6.45, 7) is 0. The Labute approximate surface area is 280 Å². The van der Waals surface area contributed by atoms with Crippen LogP contribution in [0, 0.1) is 0 Å². The largest absolute Gasteiger partial charge is 0.309 e. The van der Waals surface area contributed by atoms with Crippen LogP contribution in [-0.4, -0.2) is 0 Å². The molecule has 0 spiro atoms. The minimum absolute atomic E-state index is 1.14. The Kier molecular flexibility index (Phi) is 5.98. The third-order valence-electron chi connectivity index (χ3n) is 9.45. The monoisotopic (exact) mass is 633 g/mol. The van der Waals surface area contributed by atoms with Crippen LogP contribution in [0.2, 0.25) is 0 Å². The quantitative estimate of drug-likeness (QED) is 0.174. The van der Waals surface area contributed by atoms with Gasteiger partial charge in [0.15, 0.2) is 0 Å². The fourth-order valence-electron chi connectivity index (χ4n) is 7.23. The summed E-state index contributed by atoms with van der Waals surface area (Å²) in [4.78, 5) is 2.45. The van der Waals surface area contributed by atoms with Gasteiger partial charge < -0.3 is 4.90 Å². The highest BCUT2D eigenvalue weighted by molar-refractivity contribution is 7.26. The van der Waals surface area contributed by atoms with Crippen LogP contribution >= 0.6 is 22.7 Å². The summed E-state index contributed by atoms with van der Waals surface area (Å²) < 4.78 is 5.28. The summed E-state index contributed by atoms with van der Waals surface area (Å²) in [5.41, 5.74) is 6.00. The van der Waals surface area contributed by atoms with Crippen molar-refractivity contribution in [3.8, 4) is 11.1 Å². The smallest absolute Gasteiger partial charge is 0.0640 e. The molecule has 0 fully saturated rings. The molecule has 3 heteroatoms. The van der Waals surface area contributed by atoms with Gasteiger partial charge in [-0.1, -0.05) is 121 Å². The lowest BCUT2D eigenvalue weighted by atomic mass is 10.00. The molecule has 10 rings (SSSR count). The van der Waals surface area contributed by atoms with E-state index in [1.54, 1.807) is 0 Å². The van der Waals surface area contributed by atoms with E-state index in [1.165, 1.54) is 78.7 Å². The molecule has 0 unspecified atom stereocenters. The van der Waals surface area contributed by atoms with Crippen LogP contribution in [0.1, 0.15) is 0 Å². The Morgan fingerprint density at radius 2 is 0.915 bits per heavy atom. The van der Waals surface area contributed by atoms with E-state index in [1.807, 2.05) is 22.7 Å². The predicted octanol–water partition coefficient (Wildman–Crippen LogP) is 13.9. The molecule has 0 atom stereocenters. The summed E-state index contributed by atoms with van der Waals surface area (Å²) in [5, 5.41) is 10.3. The first-order chi connectivity index (χ1) is 23.3. The molecular weight excluding hydrogens is 607 g/mol. The van der Waals surface area contributed by atoms with Gasteiger partial charge in [0.05, 0.1) is 10.4 Å². The van der Waals surface area contributed by atoms with Crippen LogP contribution in [0.5, 0.6) is 0 Å². The SMILES string of the molecule is c1ccc2c(c1)ccc1ccc(N(c3ccc(-c4cccc5c4sc4ccccc45)cc3)c3cccc4c3sc3ccccc34)cc12. The van der Waals surface area contributed by atoms with Gasteiger partial charge in [-0.2, -0.15) is 0 Å². The zero-order valence-corrected chi connectivity index (χ0v) is 27.0. The molecule has 10 aromatic rings. The number of anilines is 3. The molecule has 47 heavy (non-hydrogen) atoms. The average molecular weight is 634 g/mol. The highest BCUT2D eigenvalue weighted by Crippen LogP contribution is 2.46. The van der Waals surface area contributed by atoms with Gasteiger partial charge in [-0.3, -0.25) is 0 Å². The molecular formula is C44H27NS2. The zero-order valence-electron chi connectivity index (χ0n) is 25.4. The Bertz CT molecular complexity index is 2800. The summed E-state index contributed by atoms with van der Waals surface area (Å²) in [6.07, 6.45) is 0. The van der Waals surface area contributed by atoms with Crippen LogP contribution in [0.25, 0.3) is 73.0 Å². The molecule has 0 N–H and O–H groups in total. The second-order valence-electron chi connectivity index (χ2n) is 12.1. The third-order valence-corrected chi connectivity index (χ3v) is 11.9. The average Bonchev–Trinajstić information content (AvgIpc) is 3.71. The molecule has 0 bridgehead atoms. The van der Waals surface area contributed by atoms with Gasteiger partial charge in [-0.25, -0.2) is 0 Å². The number of hydrogen-bond donors (Lipinski definition) is 0. The second-order valence-corrected chi connectivity index (χ2v) is 14.2. The highest BCUT2D eigenvalue weighted by atomic mass is 32.1. The molecule has 2 aromatic heterocycles. The third kappa shape index (κ3) is 4.21. The van der Waals surface area contributed by atoms with E-state index in [-0.39, 0.29) is 0 Å². The molecule has 0 saturated carbocycles. The standard InChI is InChI=1S/C44H27NS2/c1-2-10-33-28(9-1)19-20-30-23-26-32(27-39(30)33)45(40-16-8-15-38-36-12-4-6-18-42(36)47-44(38)40)31-24-21-29(22-25-31)34-13-7-14-37-35-11-3-5-17-41(35)46-43(34)37/h1-27H. The van der Waals surface area contributed by atoms with Crippen molar-refractivity contribution in [3.05, 3.63) is 164 Å². The minimum atomic E-state index is 1.14. The first-order valence-corrected chi connectivity index (χ1v) is 17.6. The topological polar surface area (TPSA) is 3.24 Å². The van der Waals surface area contributed by atoms with Crippen LogP contribution in [0.3, 0.4) is 0 Å². The Balaban J connectivity index is 1.19. The van der Waals surface area contributed by atoms with Crippen LogP contribution in [-0.2, 0) is 0 Å². The lowest BCUT2D eigenvalue weighted by Crippen LogP contribution is -2.10. The maximum absolute atomic E-state index is 2.45. The Hall–Kier alpha value is -5.48. The van der Waals surface area contributed by atoms with E-state index in [0.29, 0.717) is 0 Å². The maximum atomic E-state index is 2.45. The van der Waals surface area contributed by atoms with Crippen molar-refractivity contribution in [2.75, 3.05) is 4.90 Å². The van der Waals surface area contributed by atoms with Crippen LogP contribution in [0.4, 0.5) is 17.1 Å². The fourth-order valence-corrected chi connectivity index (χ4v) is 9.67. The summed E-state index contributed by atoms with van der Waals surface area (Å²) >= 11 is 3.76. The molecule has 220 valence electrons. The van der Waals surface area contributed by atoms with Gasteiger partial charge in [0.1, 0.15) is 0 Å². The van der Waals surface area contributed by atoms with Crippen molar-refractivity contribution in [1.29, 1.82) is 0 Å². The van der Waals surface area contributed by atoms with Crippen molar-refractivity contribution in [2.45, 2.75) is 0 Å². The van der Waals surface area contributed by atoms with Crippen molar-refractivity contribution in [3.63, 3.8) is 0 Å². The highest BCUT2D eigenvalue weighted by Gasteiger charge is 2.19. The van der Waals surface area contributed by atoms with E-state index >= 15 is 0 Å². The van der Waals surface area contributed by atoms with Crippen molar-refractivity contribution in [1.82, 2.24) is 0 Å². The van der Waals surface area contributed by atoms with Gasteiger partial charge in [-0.15, -0.1) is 22.7 Å². The van der Waals surface area contributed by atoms with E-state index in [9.17, 15) is 0 Å². The Morgan fingerprint density at radius 1 is 0.362 bits per heavy atom. The number of rotatable bonds is 4. The molecule has 2 heterocycles. The molecule has 0 aliphatic heterocycles. The van der Waals surface area contributed by atoms with Crippen molar-refractivity contribution >= 4 is 102 Å². The van der Waals surface area contributed by atoms with Crippen LogP contribution < -0.4 is 4.90 Å². The maximum Gasteiger partial charge on any atom is 0.0640 e. The molecule has 8 aromatic carbocycles. The first kappa shape index (κ1) is 26.7. The van der Waals surface area contributed by atoms with E-state index in [2.05, 4.69) is 169 Å². The predicted molar refractivity (Wildman–Crippen MR) is 207 cm³/mol. The van der Waals surface area contributed by atoms with Gasteiger partial charge in [0.25, 0.3) is 0 Å². The minimum Gasteiger partial charge on any atom is -0.309 e. The summed E-state index contributed by atoms with van der Waals surface area (Å²) in [5.74, 6) is 0. The fraction of sp³-hybridized carbons (Fsp3) is 0. The molecule has 0 aliphatic rings. The van der Waals surface area contributed by atoms with E-state index in [4.69, 9.17) is 0 Å². The lowest BCUT2D eigenvalue weighted by molar-refractivity contribution is 1.31. The summed E-state index contributed by atoms with van der Waals surface area (Å²) in [7, 11) is 0. The molecule has 1 nitrogen and oxygen atoms in total. The number of benzene rings is 8. The number of thiophene rings is 2. The van der Waals surface area contributed by atoms with Crippen molar-refractivity contribution in [2.24, 2.45) is 0 Å². The molecule has 0 aliphatic carbocycles. The van der Waals surface area contributed by atoms with E-state index < -0.39 is 0 Å². The second kappa shape index (κ2) is 10.5. The molecule has 0 saturated heterocycles. The summed E-state index contributed by atoms with van der Waals surface area (Å²) in [6, 6.07) is 60.2. The lowest BCUT2D eigenvalue weighted by Gasteiger charge is -2.27. The Morgan fingerprint density at radius 3 is 1.68 bits per heavy atom. The van der Waals surface area contributed by atoms with Crippen LogP contribution in [0.15, 0.2) is 164 Å². The normalized spacial score (nSPS) is 11.8. The van der Waals surface area contributed by atoms with E-state index in [0.717, 1.165) is 11.4 Å².